The molecule has 1 aliphatic rings. The number of aliphatic hydroxyl groups is 2. The lowest BCUT2D eigenvalue weighted by Gasteiger charge is -2.39. The number of likely N-dealkylation sites (tertiary alicyclic amines) is 1. The average molecular weight is 410 g/mol. The molecule has 0 amide bonds. The Morgan fingerprint density at radius 2 is 1.81 bits per heavy atom. The largest absolute Gasteiger partial charge is 0.417 e. The Morgan fingerprint density at radius 3 is 2.33 bits per heavy atom. The Morgan fingerprint density at radius 1 is 1.22 bits per heavy atom. The van der Waals surface area contributed by atoms with Gasteiger partial charge in [0.05, 0.1) is 34.5 Å². The standard InChI is InChI=1S/C19H27ClF3NO3/c1-17(2,3)27-12-14(25)11-24-8-6-18(26,7-9-24)13-4-5-16(20)15(10-13)19(21,22)23/h4-5,10,14,25-26H,6-9,11-12H2,1-3H3. The van der Waals surface area contributed by atoms with E-state index in [0.29, 0.717) is 19.6 Å². The number of nitrogens with zero attached hydrogens (tertiary/aromatic N) is 1. The Balaban J connectivity index is 1.98. The molecule has 0 aliphatic carbocycles. The lowest BCUT2D eigenvalue weighted by atomic mass is 9.83. The molecule has 1 saturated heterocycles. The van der Waals surface area contributed by atoms with E-state index in [1.807, 2.05) is 25.7 Å². The average Bonchev–Trinajstić information content (AvgIpc) is 2.54. The van der Waals surface area contributed by atoms with Gasteiger partial charge >= 0.3 is 6.18 Å². The number of ether oxygens (including phenoxy) is 1. The first-order chi connectivity index (χ1) is 12.3. The molecule has 1 aromatic carbocycles. The van der Waals surface area contributed by atoms with Crippen molar-refractivity contribution in [1.82, 2.24) is 4.90 Å². The summed E-state index contributed by atoms with van der Waals surface area (Å²) < 4.78 is 44.8. The second-order valence-corrected chi connectivity index (χ2v) is 8.51. The number of halogens is 4. The van der Waals surface area contributed by atoms with E-state index in [0.717, 1.165) is 6.07 Å². The fraction of sp³-hybridized carbons (Fsp3) is 0.684. The van der Waals surface area contributed by atoms with Crippen molar-refractivity contribution in [1.29, 1.82) is 0 Å². The van der Waals surface area contributed by atoms with Gasteiger partial charge in [0.2, 0.25) is 0 Å². The smallest absolute Gasteiger partial charge is 0.389 e. The van der Waals surface area contributed by atoms with Gasteiger partial charge in [-0.05, 0) is 51.3 Å². The highest BCUT2D eigenvalue weighted by Gasteiger charge is 2.38. The topological polar surface area (TPSA) is 52.9 Å². The van der Waals surface area contributed by atoms with Crippen molar-refractivity contribution in [3.8, 4) is 0 Å². The van der Waals surface area contributed by atoms with Crippen molar-refractivity contribution < 1.29 is 28.1 Å². The van der Waals surface area contributed by atoms with Gasteiger partial charge in [-0.25, -0.2) is 0 Å². The summed E-state index contributed by atoms with van der Waals surface area (Å²) >= 11 is 5.66. The molecular weight excluding hydrogens is 383 g/mol. The van der Waals surface area contributed by atoms with Crippen molar-refractivity contribution in [2.75, 3.05) is 26.2 Å². The van der Waals surface area contributed by atoms with Crippen LogP contribution in [0.5, 0.6) is 0 Å². The maximum absolute atomic E-state index is 13.1. The van der Waals surface area contributed by atoms with E-state index in [1.54, 1.807) is 0 Å². The number of aliphatic hydroxyl groups excluding tert-OH is 1. The summed E-state index contributed by atoms with van der Waals surface area (Å²) in [6.07, 6.45) is -4.68. The summed E-state index contributed by atoms with van der Waals surface area (Å²) in [7, 11) is 0. The highest BCUT2D eigenvalue weighted by Crippen LogP contribution is 2.39. The molecule has 0 bridgehead atoms. The number of hydrogen-bond donors (Lipinski definition) is 2. The highest BCUT2D eigenvalue weighted by atomic mass is 35.5. The van der Waals surface area contributed by atoms with Gasteiger partial charge in [-0.3, -0.25) is 0 Å². The summed E-state index contributed by atoms with van der Waals surface area (Å²) in [4.78, 5) is 1.98. The van der Waals surface area contributed by atoms with Gasteiger partial charge in [-0.1, -0.05) is 17.7 Å². The van der Waals surface area contributed by atoms with Gasteiger partial charge in [0, 0.05) is 19.6 Å². The molecule has 2 N–H and O–H groups in total. The number of β-amino-alcohol motifs (C(OH)–C–C–N with tert-alkyl or cyclic N) is 1. The van der Waals surface area contributed by atoms with Crippen molar-refractivity contribution in [3.05, 3.63) is 34.3 Å². The second kappa shape index (κ2) is 8.25. The van der Waals surface area contributed by atoms with E-state index in [9.17, 15) is 23.4 Å². The third-order valence-corrected chi connectivity index (χ3v) is 5.00. The molecule has 0 saturated carbocycles. The predicted octanol–water partition coefficient (Wildman–Crippen LogP) is 3.82. The molecule has 4 nitrogen and oxygen atoms in total. The minimum atomic E-state index is -4.57. The summed E-state index contributed by atoms with van der Waals surface area (Å²) in [6, 6.07) is 3.56. The van der Waals surface area contributed by atoms with Gasteiger partial charge in [0.1, 0.15) is 0 Å². The summed E-state index contributed by atoms with van der Waals surface area (Å²) in [5.41, 5.74) is -2.40. The molecule has 1 aromatic rings. The highest BCUT2D eigenvalue weighted by molar-refractivity contribution is 6.31. The molecular formula is C19H27ClF3NO3. The number of piperidine rings is 1. The first kappa shape index (κ1) is 22.4. The molecule has 1 aliphatic heterocycles. The minimum absolute atomic E-state index is 0.205. The SMILES string of the molecule is CC(C)(C)OCC(O)CN1CCC(O)(c2ccc(Cl)c(C(F)(F)F)c2)CC1. The molecule has 8 heteroatoms. The van der Waals surface area contributed by atoms with Crippen LogP contribution in [0.15, 0.2) is 18.2 Å². The Kier molecular flexibility index (Phi) is 6.85. The first-order valence-electron chi connectivity index (χ1n) is 8.94. The monoisotopic (exact) mass is 409 g/mol. The minimum Gasteiger partial charge on any atom is -0.389 e. The zero-order chi connectivity index (χ0) is 20.5. The van der Waals surface area contributed by atoms with Gasteiger partial charge in [-0.2, -0.15) is 13.2 Å². The van der Waals surface area contributed by atoms with E-state index in [2.05, 4.69) is 0 Å². The molecule has 1 heterocycles. The zero-order valence-electron chi connectivity index (χ0n) is 15.8. The van der Waals surface area contributed by atoms with E-state index in [4.69, 9.17) is 16.3 Å². The van der Waals surface area contributed by atoms with Crippen molar-refractivity contribution in [3.63, 3.8) is 0 Å². The van der Waals surface area contributed by atoms with Crippen LogP contribution in [0.1, 0.15) is 44.7 Å². The van der Waals surface area contributed by atoms with E-state index in [-0.39, 0.29) is 35.6 Å². The van der Waals surface area contributed by atoms with Gasteiger partial charge in [0.15, 0.2) is 0 Å². The summed E-state index contributed by atoms with van der Waals surface area (Å²) in [6.45, 7) is 7.24. The lowest BCUT2D eigenvalue weighted by Crippen LogP contribution is -2.46. The van der Waals surface area contributed by atoms with Crippen LogP contribution >= 0.6 is 11.6 Å². The van der Waals surface area contributed by atoms with Crippen LogP contribution in [-0.4, -0.2) is 53.1 Å². The number of rotatable bonds is 5. The molecule has 1 atom stereocenters. The fourth-order valence-electron chi connectivity index (χ4n) is 3.12. The van der Waals surface area contributed by atoms with Gasteiger partial charge in [-0.15, -0.1) is 0 Å². The zero-order valence-corrected chi connectivity index (χ0v) is 16.6. The van der Waals surface area contributed by atoms with Crippen LogP contribution in [0.3, 0.4) is 0 Å². The molecule has 1 fully saturated rings. The molecule has 0 spiro atoms. The predicted molar refractivity (Wildman–Crippen MR) is 97.7 cm³/mol. The van der Waals surface area contributed by atoms with Crippen molar-refractivity contribution >= 4 is 11.6 Å². The number of hydrogen-bond acceptors (Lipinski definition) is 4. The molecule has 27 heavy (non-hydrogen) atoms. The van der Waals surface area contributed by atoms with Crippen LogP contribution in [0, 0.1) is 0 Å². The van der Waals surface area contributed by atoms with E-state index >= 15 is 0 Å². The Bertz CT molecular complexity index is 638. The van der Waals surface area contributed by atoms with E-state index < -0.39 is 23.4 Å². The molecule has 1 unspecified atom stereocenters. The molecule has 0 aromatic heterocycles. The molecule has 2 rings (SSSR count). The van der Waals surface area contributed by atoms with Gasteiger partial charge in [0.25, 0.3) is 0 Å². The summed E-state index contributed by atoms with van der Waals surface area (Å²) in [5, 5.41) is 20.6. The van der Waals surface area contributed by atoms with Crippen molar-refractivity contribution in [2.45, 2.75) is 57.1 Å². The van der Waals surface area contributed by atoms with Crippen LogP contribution < -0.4 is 0 Å². The van der Waals surface area contributed by atoms with E-state index in [1.165, 1.54) is 12.1 Å². The quantitative estimate of drug-likeness (QED) is 0.776. The van der Waals surface area contributed by atoms with Crippen LogP contribution in [0.2, 0.25) is 5.02 Å². The molecule has 0 radical (unpaired) electrons. The summed E-state index contributed by atoms with van der Waals surface area (Å²) in [5.74, 6) is 0. The van der Waals surface area contributed by atoms with Crippen molar-refractivity contribution in [2.24, 2.45) is 0 Å². The number of alkyl halides is 3. The fourth-order valence-corrected chi connectivity index (χ4v) is 3.35. The Labute approximate surface area is 162 Å². The third kappa shape index (κ3) is 6.32. The third-order valence-electron chi connectivity index (χ3n) is 4.67. The molecule has 154 valence electrons. The lowest BCUT2D eigenvalue weighted by molar-refractivity contribution is -0.137. The maximum Gasteiger partial charge on any atom is 0.417 e. The Hall–Kier alpha value is -0.860. The van der Waals surface area contributed by atoms with Gasteiger partial charge < -0.3 is 19.8 Å². The van der Waals surface area contributed by atoms with Crippen LogP contribution in [-0.2, 0) is 16.5 Å². The maximum atomic E-state index is 13.1. The first-order valence-corrected chi connectivity index (χ1v) is 9.32. The van der Waals surface area contributed by atoms with Crippen LogP contribution in [0.4, 0.5) is 13.2 Å². The normalized spacial score (nSPS) is 19.9. The number of benzene rings is 1. The van der Waals surface area contributed by atoms with Crippen LogP contribution in [0.25, 0.3) is 0 Å². The second-order valence-electron chi connectivity index (χ2n) is 8.10.